The first kappa shape index (κ1) is 14.9. The third-order valence-corrected chi connectivity index (χ3v) is 4.35. The van der Waals surface area contributed by atoms with Gasteiger partial charge in [-0.3, -0.25) is 4.79 Å². The van der Waals surface area contributed by atoms with Gasteiger partial charge in [0.2, 0.25) is 0 Å². The number of thiophene rings is 1. The molecule has 2 nitrogen and oxygen atoms in total. The first-order chi connectivity index (χ1) is 9.66. The van der Waals surface area contributed by atoms with Crippen molar-refractivity contribution in [3.63, 3.8) is 0 Å². The van der Waals surface area contributed by atoms with E-state index in [1.807, 2.05) is 37.3 Å². The zero-order valence-corrected chi connectivity index (χ0v) is 12.9. The zero-order valence-electron chi connectivity index (χ0n) is 12.1. The molecule has 3 heteroatoms. The molecule has 0 saturated carbocycles. The summed E-state index contributed by atoms with van der Waals surface area (Å²) in [7, 11) is 2.09. The second-order valence-corrected chi connectivity index (χ2v) is 6.26. The van der Waals surface area contributed by atoms with Crippen LogP contribution >= 0.6 is 11.3 Å². The standard InChI is InChI=1S/C17H21NOS/c1-14(17(19)15-7-4-3-5-8-15)13-18(2)11-10-16-9-6-12-20-16/h3-9,12,14H,10-11,13H2,1-2H3. The van der Waals surface area contributed by atoms with E-state index in [9.17, 15) is 4.79 Å². The van der Waals surface area contributed by atoms with Gasteiger partial charge in [-0.2, -0.15) is 0 Å². The molecule has 1 unspecified atom stereocenters. The normalized spacial score (nSPS) is 12.6. The number of nitrogens with zero attached hydrogens (tertiary/aromatic N) is 1. The number of carbonyl (C=O) groups is 1. The molecular weight excluding hydrogens is 266 g/mol. The predicted octanol–water partition coefficient (Wildman–Crippen LogP) is 3.74. The van der Waals surface area contributed by atoms with Crippen LogP contribution in [0.3, 0.4) is 0 Å². The largest absolute Gasteiger partial charge is 0.305 e. The van der Waals surface area contributed by atoms with Crippen molar-refractivity contribution in [3.05, 3.63) is 58.3 Å². The molecule has 106 valence electrons. The molecule has 2 rings (SSSR count). The van der Waals surface area contributed by atoms with E-state index in [0.717, 1.165) is 25.1 Å². The highest BCUT2D eigenvalue weighted by atomic mass is 32.1. The third-order valence-electron chi connectivity index (χ3n) is 3.41. The summed E-state index contributed by atoms with van der Waals surface area (Å²) < 4.78 is 0. The molecule has 0 aliphatic heterocycles. The van der Waals surface area contributed by atoms with Crippen molar-refractivity contribution in [2.75, 3.05) is 20.1 Å². The summed E-state index contributed by atoms with van der Waals surface area (Å²) >= 11 is 1.79. The maximum atomic E-state index is 12.3. The number of ketones is 1. The van der Waals surface area contributed by atoms with E-state index < -0.39 is 0 Å². The van der Waals surface area contributed by atoms with Gasteiger partial charge in [-0.25, -0.2) is 0 Å². The lowest BCUT2D eigenvalue weighted by molar-refractivity contribution is 0.0903. The number of hydrogen-bond donors (Lipinski definition) is 0. The van der Waals surface area contributed by atoms with Gasteiger partial charge < -0.3 is 4.90 Å². The number of carbonyl (C=O) groups excluding carboxylic acids is 1. The van der Waals surface area contributed by atoms with Crippen molar-refractivity contribution < 1.29 is 4.79 Å². The lowest BCUT2D eigenvalue weighted by Gasteiger charge is -2.20. The maximum Gasteiger partial charge on any atom is 0.166 e. The summed E-state index contributed by atoms with van der Waals surface area (Å²) in [6.07, 6.45) is 1.06. The van der Waals surface area contributed by atoms with Crippen LogP contribution in [0.1, 0.15) is 22.2 Å². The first-order valence-corrected chi connectivity index (χ1v) is 7.85. The van der Waals surface area contributed by atoms with Crippen LogP contribution in [-0.2, 0) is 6.42 Å². The quantitative estimate of drug-likeness (QED) is 0.723. The van der Waals surface area contributed by atoms with Crippen LogP contribution in [0.5, 0.6) is 0 Å². The highest BCUT2D eigenvalue weighted by Crippen LogP contribution is 2.12. The van der Waals surface area contributed by atoms with Crippen molar-refractivity contribution in [1.82, 2.24) is 4.90 Å². The van der Waals surface area contributed by atoms with Crippen molar-refractivity contribution in [2.45, 2.75) is 13.3 Å². The minimum absolute atomic E-state index is 0.0331. The molecule has 0 fully saturated rings. The predicted molar refractivity (Wildman–Crippen MR) is 85.5 cm³/mol. The van der Waals surface area contributed by atoms with E-state index in [0.29, 0.717) is 0 Å². The Kier molecular flexibility index (Phi) is 5.50. The summed E-state index contributed by atoms with van der Waals surface area (Å²) in [6.45, 7) is 3.81. The van der Waals surface area contributed by atoms with Crippen molar-refractivity contribution >= 4 is 17.1 Å². The number of rotatable bonds is 7. The Labute approximate surface area is 125 Å². The van der Waals surface area contributed by atoms with Gasteiger partial charge in [-0.15, -0.1) is 11.3 Å². The Balaban J connectivity index is 1.81. The molecular formula is C17H21NOS. The van der Waals surface area contributed by atoms with Gasteiger partial charge in [0, 0.05) is 29.4 Å². The molecule has 1 atom stereocenters. The van der Waals surface area contributed by atoms with Gasteiger partial charge in [0.15, 0.2) is 5.78 Å². The molecule has 1 heterocycles. The Hall–Kier alpha value is -1.45. The molecule has 20 heavy (non-hydrogen) atoms. The molecule has 2 aromatic rings. The van der Waals surface area contributed by atoms with Gasteiger partial charge in [0.1, 0.15) is 0 Å². The summed E-state index contributed by atoms with van der Waals surface area (Å²) in [5.41, 5.74) is 0.812. The molecule has 0 saturated heterocycles. The van der Waals surface area contributed by atoms with Gasteiger partial charge in [-0.1, -0.05) is 43.3 Å². The van der Waals surface area contributed by atoms with Crippen LogP contribution in [0.25, 0.3) is 0 Å². The second kappa shape index (κ2) is 7.36. The van der Waals surface area contributed by atoms with Crippen LogP contribution in [0.4, 0.5) is 0 Å². The van der Waals surface area contributed by atoms with Gasteiger partial charge in [0.25, 0.3) is 0 Å². The van der Waals surface area contributed by atoms with Crippen LogP contribution < -0.4 is 0 Å². The fourth-order valence-electron chi connectivity index (χ4n) is 2.28. The number of benzene rings is 1. The van der Waals surface area contributed by atoms with Gasteiger partial charge in [-0.05, 0) is 24.9 Å². The maximum absolute atomic E-state index is 12.3. The molecule has 0 spiro atoms. The van der Waals surface area contributed by atoms with E-state index >= 15 is 0 Å². The van der Waals surface area contributed by atoms with Crippen LogP contribution in [0.2, 0.25) is 0 Å². The van der Waals surface area contributed by atoms with E-state index in [1.54, 1.807) is 11.3 Å². The summed E-state index contributed by atoms with van der Waals surface area (Å²) in [6, 6.07) is 13.8. The smallest absolute Gasteiger partial charge is 0.166 e. The Morgan fingerprint density at radius 2 is 1.95 bits per heavy atom. The average molecular weight is 287 g/mol. The van der Waals surface area contributed by atoms with Crippen LogP contribution in [-0.4, -0.2) is 30.8 Å². The molecule has 1 aromatic heterocycles. The number of likely N-dealkylation sites (N-methyl/N-ethyl adjacent to an activating group) is 1. The molecule has 0 bridgehead atoms. The fourth-order valence-corrected chi connectivity index (χ4v) is 2.98. The number of Topliss-reactive ketones (excluding diaryl/α,β-unsaturated/α-hetero) is 1. The van der Waals surface area contributed by atoms with Gasteiger partial charge >= 0.3 is 0 Å². The summed E-state index contributed by atoms with van der Waals surface area (Å²) in [4.78, 5) is 15.9. The average Bonchev–Trinajstić information content (AvgIpc) is 2.98. The van der Waals surface area contributed by atoms with E-state index in [-0.39, 0.29) is 11.7 Å². The monoisotopic (exact) mass is 287 g/mol. The van der Waals surface area contributed by atoms with E-state index in [1.165, 1.54) is 4.88 Å². The van der Waals surface area contributed by atoms with Crippen LogP contribution in [0, 0.1) is 5.92 Å². The highest BCUT2D eigenvalue weighted by Gasteiger charge is 2.16. The van der Waals surface area contributed by atoms with Crippen molar-refractivity contribution in [1.29, 1.82) is 0 Å². The summed E-state index contributed by atoms with van der Waals surface area (Å²) in [5.74, 6) is 0.263. The molecule has 0 N–H and O–H groups in total. The summed E-state index contributed by atoms with van der Waals surface area (Å²) in [5, 5.41) is 2.11. The highest BCUT2D eigenvalue weighted by molar-refractivity contribution is 7.09. The molecule has 0 radical (unpaired) electrons. The molecule has 0 aliphatic rings. The SMILES string of the molecule is CC(CN(C)CCc1cccs1)C(=O)c1ccccc1. The minimum atomic E-state index is 0.0331. The Bertz CT molecular complexity index is 521. The molecule has 0 amide bonds. The number of hydrogen-bond acceptors (Lipinski definition) is 3. The Morgan fingerprint density at radius 1 is 1.20 bits per heavy atom. The first-order valence-electron chi connectivity index (χ1n) is 6.97. The van der Waals surface area contributed by atoms with E-state index in [2.05, 4.69) is 29.5 Å². The zero-order chi connectivity index (χ0) is 14.4. The topological polar surface area (TPSA) is 20.3 Å². The van der Waals surface area contributed by atoms with Crippen molar-refractivity contribution in [2.24, 2.45) is 5.92 Å². The second-order valence-electron chi connectivity index (χ2n) is 5.22. The lowest BCUT2D eigenvalue weighted by Crippen LogP contribution is -2.30. The van der Waals surface area contributed by atoms with Gasteiger partial charge in [0.05, 0.1) is 0 Å². The lowest BCUT2D eigenvalue weighted by atomic mass is 9.99. The molecule has 0 aliphatic carbocycles. The van der Waals surface area contributed by atoms with Crippen molar-refractivity contribution in [3.8, 4) is 0 Å². The third kappa shape index (κ3) is 4.29. The Morgan fingerprint density at radius 3 is 2.60 bits per heavy atom. The van der Waals surface area contributed by atoms with E-state index in [4.69, 9.17) is 0 Å². The minimum Gasteiger partial charge on any atom is -0.305 e. The fraction of sp³-hybridized carbons (Fsp3) is 0.353. The van der Waals surface area contributed by atoms with Crippen LogP contribution in [0.15, 0.2) is 47.8 Å². The molecule has 1 aromatic carbocycles.